The van der Waals surface area contributed by atoms with Crippen LogP contribution in [0.3, 0.4) is 0 Å². The molecule has 13 heavy (non-hydrogen) atoms. The van der Waals surface area contributed by atoms with Crippen LogP contribution in [0.5, 0.6) is 0 Å². The lowest BCUT2D eigenvalue weighted by molar-refractivity contribution is 0.735. The monoisotopic (exact) mass is 174 g/mol. The molecule has 0 atom stereocenters. The molecule has 2 nitrogen and oxygen atoms in total. The van der Waals surface area contributed by atoms with Crippen LogP contribution in [0.2, 0.25) is 0 Å². The molecule has 1 aromatic rings. The van der Waals surface area contributed by atoms with Gasteiger partial charge in [-0.3, -0.25) is 0 Å². The molecule has 0 saturated carbocycles. The highest BCUT2D eigenvalue weighted by atomic mass is 15.3. The van der Waals surface area contributed by atoms with E-state index in [0.29, 0.717) is 0 Å². The van der Waals surface area contributed by atoms with Gasteiger partial charge in [0.25, 0.3) is 0 Å². The average molecular weight is 174 g/mol. The van der Waals surface area contributed by atoms with Crippen LogP contribution in [-0.4, -0.2) is 13.2 Å². The molecule has 2 heteroatoms. The summed E-state index contributed by atoms with van der Waals surface area (Å²) in [7, 11) is 0. The lowest BCUT2D eigenvalue weighted by atomic mass is 10.1. The predicted molar refractivity (Wildman–Crippen MR) is 55.2 cm³/mol. The van der Waals surface area contributed by atoms with Crippen molar-refractivity contribution < 1.29 is 0 Å². The van der Waals surface area contributed by atoms with Crippen LogP contribution < -0.4 is 10.2 Å². The number of rotatable bonds is 0. The minimum Gasteiger partial charge on any atom is -0.366 e. The van der Waals surface area contributed by atoms with Crippen LogP contribution >= 0.6 is 0 Å². The normalized spacial score (nSPS) is 19.2. The maximum Gasteiger partial charge on any atom is 0.0877 e. The fourth-order valence-electron chi connectivity index (χ4n) is 2.38. The highest BCUT2D eigenvalue weighted by Crippen LogP contribution is 2.37. The Morgan fingerprint density at radius 1 is 1.23 bits per heavy atom. The molecule has 0 radical (unpaired) electrons. The zero-order valence-corrected chi connectivity index (χ0v) is 7.71. The Morgan fingerprint density at radius 3 is 3.23 bits per heavy atom. The molecule has 0 aliphatic carbocycles. The first-order valence-electron chi connectivity index (χ1n) is 5.06. The molecule has 0 unspecified atom stereocenters. The fraction of sp³-hybridized carbons (Fsp3) is 0.455. The van der Waals surface area contributed by atoms with Gasteiger partial charge in [-0.05, 0) is 30.9 Å². The molecule has 68 valence electrons. The molecule has 1 aromatic carbocycles. The lowest BCUT2D eigenvalue weighted by Crippen LogP contribution is -2.23. The van der Waals surface area contributed by atoms with Gasteiger partial charge in [0.05, 0.1) is 18.0 Å². The second-order valence-corrected chi connectivity index (χ2v) is 3.87. The van der Waals surface area contributed by atoms with Crippen molar-refractivity contribution in [2.24, 2.45) is 0 Å². The average Bonchev–Trinajstić information content (AvgIpc) is 2.44. The zero-order chi connectivity index (χ0) is 8.67. The van der Waals surface area contributed by atoms with Gasteiger partial charge < -0.3 is 10.2 Å². The minimum absolute atomic E-state index is 1.01. The molecule has 2 aliphatic heterocycles. The van der Waals surface area contributed by atoms with Crippen molar-refractivity contribution in [2.45, 2.75) is 19.3 Å². The van der Waals surface area contributed by atoms with E-state index < -0.39 is 0 Å². The standard InChI is InChI=1S/C11H14N2/c1-2-7-13-8-12-10-6-3-5-9(4-1)11(10)13/h3,5-6,12H,1-2,4,7-8H2. The largest absolute Gasteiger partial charge is 0.366 e. The van der Waals surface area contributed by atoms with E-state index in [1.165, 1.54) is 42.7 Å². The smallest absolute Gasteiger partial charge is 0.0877 e. The lowest BCUT2D eigenvalue weighted by Gasteiger charge is -2.16. The van der Waals surface area contributed by atoms with Gasteiger partial charge in [0.15, 0.2) is 0 Å². The van der Waals surface area contributed by atoms with Crippen LogP contribution in [0, 0.1) is 0 Å². The fourth-order valence-corrected chi connectivity index (χ4v) is 2.38. The molecule has 2 heterocycles. The summed E-state index contributed by atoms with van der Waals surface area (Å²) in [5.41, 5.74) is 4.33. The molecule has 0 amide bonds. The third-order valence-electron chi connectivity index (χ3n) is 3.02. The molecule has 0 aromatic heterocycles. The number of hydrogen-bond donors (Lipinski definition) is 1. The molecular formula is C11H14N2. The van der Waals surface area contributed by atoms with E-state index in [-0.39, 0.29) is 0 Å². The van der Waals surface area contributed by atoms with Crippen molar-refractivity contribution in [3.63, 3.8) is 0 Å². The Hall–Kier alpha value is -1.18. The number of benzene rings is 1. The molecule has 0 fully saturated rings. The minimum atomic E-state index is 1.01. The van der Waals surface area contributed by atoms with Crippen LogP contribution in [0.4, 0.5) is 11.4 Å². The van der Waals surface area contributed by atoms with Crippen molar-refractivity contribution in [3.8, 4) is 0 Å². The third-order valence-corrected chi connectivity index (χ3v) is 3.02. The number of nitrogens with one attached hydrogen (secondary N) is 1. The van der Waals surface area contributed by atoms with Crippen LogP contribution in [0.1, 0.15) is 18.4 Å². The van der Waals surface area contributed by atoms with Crippen molar-refractivity contribution in [1.29, 1.82) is 0 Å². The quantitative estimate of drug-likeness (QED) is 0.648. The van der Waals surface area contributed by atoms with E-state index in [1.54, 1.807) is 0 Å². The van der Waals surface area contributed by atoms with Crippen molar-refractivity contribution in [3.05, 3.63) is 23.8 Å². The maximum atomic E-state index is 3.44. The SMILES string of the molecule is c1cc2c3c(c1)NCN3CCCC2. The van der Waals surface area contributed by atoms with Gasteiger partial charge in [0, 0.05) is 6.54 Å². The molecule has 0 spiro atoms. The van der Waals surface area contributed by atoms with Gasteiger partial charge in [0.1, 0.15) is 0 Å². The Labute approximate surface area is 78.6 Å². The van der Waals surface area contributed by atoms with E-state index >= 15 is 0 Å². The Kier molecular flexibility index (Phi) is 1.48. The summed E-state index contributed by atoms with van der Waals surface area (Å²) < 4.78 is 0. The Bertz CT molecular complexity index is 333. The second-order valence-electron chi connectivity index (χ2n) is 3.87. The third kappa shape index (κ3) is 1.01. The Morgan fingerprint density at radius 2 is 2.23 bits per heavy atom. The van der Waals surface area contributed by atoms with Crippen molar-refractivity contribution in [1.82, 2.24) is 0 Å². The summed E-state index contributed by atoms with van der Waals surface area (Å²) in [4.78, 5) is 2.47. The molecule has 1 N–H and O–H groups in total. The molecule has 0 bridgehead atoms. The van der Waals surface area contributed by atoms with E-state index in [0.717, 1.165) is 6.67 Å². The highest BCUT2D eigenvalue weighted by Gasteiger charge is 2.22. The first-order chi connectivity index (χ1) is 6.45. The van der Waals surface area contributed by atoms with E-state index in [9.17, 15) is 0 Å². The summed E-state index contributed by atoms with van der Waals surface area (Å²) in [6.45, 7) is 2.23. The van der Waals surface area contributed by atoms with Gasteiger partial charge in [-0.2, -0.15) is 0 Å². The molecule has 2 aliphatic rings. The number of nitrogens with zero attached hydrogens (tertiary/aromatic N) is 1. The predicted octanol–water partition coefficient (Wildman–Crippen LogP) is 2.21. The summed E-state index contributed by atoms with van der Waals surface area (Å²) in [6, 6.07) is 6.62. The summed E-state index contributed by atoms with van der Waals surface area (Å²) in [5, 5.41) is 3.44. The van der Waals surface area contributed by atoms with Gasteiger partial charge >= 0.3 is 0 Å². The summed E-state index contributed by atoms with van der Waals surface area (Å²) in [6.07, 6.45) is 3.92. The van der Waals surface area contributed by atoms with E-state index in [4.69, 9.17) is 0 Å². The molecular weight excluding hydrogens is 160 g/mol. The van der Waals surface area contributed by atoms with E-state index in [2.05, 4.69) is 28.4 Å². The molecule has 0 saturated heterocycles. The Balaban J connectivity index is 2.16. The summed E-state index contributed by atoms with van der Waals surface area (Å²) in [5.74, 6) is 0. The van der Waals surface area contributed by atoms with Crippen LogP contribution in [-0.2, 0) is 6.42 Å². The number of hydrogen-bond acceptors (Lipinski definition) is 2. The maximum absolute atomic E-state index is 3.44. The van der Waals surface area contributed by atoms with Gasteiger partial charge in [-0.25, -0.2) is 0 Å². The highest BCUT2D eigenvalue weighted by molar-refractivity contribution is 5.78. The van der Waals surface area contributed by atoms with E-state index in [1.807, 2.05) is 0 Å². The zero-order valence-electron chi connectivity index (χ0n) is 7.71. The van der Waals surface area contributed by atoms with Gasteiger partial charge in [-0.15, -0.1) is 0 Å². The van der Waals surface area contributed by atoms with Gasteiger partial charge in [-0.1, -0.05) is 12.1 Å². The molecule has 3 rings (SSSR count). The first-order valence-corrected chi connectivity index (χ1v) is 5.06. The van der Waals surface area contributed by atoms with Gasteiger partial charge in [0.2, 0.25) is 0 Å². The van der Waals surface area contributed by atoms with Crippen molar-refractivity contribution >= 4 is 11.4 Å². The first kappa shape index (κ1) is 7.25. The van der Waals surface area contributed by atoms with Crippen LogP contribution in [0.15, 0.2) is 18.2 Å². The second kappa shape index (κ2) is 2.66. The van der Waals surface area contributed by atoms with Crippen molar-refractivity contribution in [2.75, 3.05) is 23.4 Å². The summed E-state index contributed by atoms with van der Waals surface area (Å²) >= 11 is 0. The van der Waals surface area contributed by atoms with Crippen LogP contribution in [0.25, 0.3) is 0 Å². The number of para-hydroxylation sites is 1. The number of aryl methyl sites for hydroxylation is 1. The topological polar surface area (TPSA) is 15.3 Å². The number of anilines is 2.